The van der Waals surface area contributed by atoms with Crippen molar-refractivity contribution in [2.45, 2.75) is 65.3 Å². The van der Waals surface area contributed by atoms with Crippen LogP contribution in [0.3, 0.4) is 0 Å². The number of likely N-dealkylation sites (tertiary alicyclic amines) is 1. The maximum absolute atomic E-state index is 13.8. The summed E-state index contributed by atoms with van der Waals surface area (Å²) in [6.07, 6.45) is 11.1. The van der Waals surface area contributed by atoms with E-state index in [9.17, 15) is 4.79 Å². The zero-order valence-electron chi connectivity index (χ0n) is 19.5. The topological polar surface area (TPSA) is 76.8 Å². The Bertz CT molecular complexity index is 1090. The van der Waals surface area contributed by atoms with Crippen molar-refractivity contribution in [3.05, 3.63) is 59.2 Å². The van der Waals surface area contributed by atoms with Gasteiger partial charge in [-0.2, -0.15) is 5.10 Å². The summed E-state index contributed by atoms with van der Waals surface area (Å²) in [4.78, 5) is 29.6. The molecule has 4 rings (SSSR count). The fourth-order valence-electron chi connectivity index (χ4n) is 4.70. The van der Waals surface area contributed by atoms with E-state index in [0.717, 1.165) is 79.0 Å². The number of piperidine rings is 1. The first-order valence-electron chi connectivity index (χ1n) is 11.6. The minimum absolute atomic E-state index is 0.0400. The highest BCUT2D eigenvalue weighted by Gasteiger charge is 2.34. The molecule has 0 unspecified atom stereocenters. The first-order valence-corrected chi connectivity index (χ1v) is 11.6. The third-order valence-electron chi connectivity index (χ3n) is 6.33. The number of amides is 1. The van der Waals surface area contributed by atoms with Crippen LogP contribution in [0.4, 0.5) is 0 Å². The molecule has 32 heavy (non-hydrogen) atoms. The van der Waals surface area contributed by atoms with Crippen LogP contribution in [0.1, 0.15) is 78.8 Å². The Labute approximate surface area is 189 Å². The van der Waals surface area contributed by atoms with Crippen LogP contribution in [0.5, 0.6) is 0 Å². The van der Waals surface area contributed by atoms with Gasteiger partial charge in [0, 0.05) is 49.7 Å². The molecule has 0 radical (unpaired) electrons. The lowest BCUT2D eigenvalue weighted by molar-refractivity contribution is 0.0594. The Morgan fingerprint density at radius 1 is 1.19 bits per heavy atom. The number of aromatic nitrogens is 5. The third kappa shape index (κ3) is 4.16. The Morgan fingerprint density at radius 3 is 2.66 bits per heavy atom. The highest BCUT2D eigenvalue weighted by atomic mass is 16.2. The first-order chi connectivity index (χ1) is 15.5. The summed E-state index contributed by atoms with van der Waals surface area (Å²) in [7, 11) is 1.87. The summed E-state index contributed by atoms with van der Waals surface area (Å²) >= 11 is 0. The highest BCUT2D eigenvalue weighted by Crippen LogP contribution is 2.36. The van der Waals surface area contributed by atoms with E-state index in [4.69, 9.17) is 4.98 Å². The van der Waals surface area contributed by atoms with Crippen molar-refractivity contribution in [1.29, 1.82) is 0 Å². The van der Waals surface area contributed by atoms with E-state index in [1.165, 1.54) is 0 Å². The van der Waals surface area contributed by atoms with Crippen molar-refractivity contribution in [1.82, 2.24) is 29.6 Å². The van der Waals surface area contributed by atoms with Crippen molar-refractivity contribution in [3.8, 4) is 11.1 Å². The van der Waals surface area contributed by atoms with Gasteiger partial charge < -0.3 is 4.90 Å². The van der Waals surface area contributed by atoms with Crippen molar-refractivity contribution in [2.75, 3.05) is 6.54 Å². The SMILES string of the molecule is CCCc1ncc(-c2ccncc2)c([C@@H]2CCCCN2C(=O)c2c(C)c(CC)nn2C)n1. The molecular weight excluding hydrogens is 400 g/mol. The van der Waals surface area contributed by atoms with Crippen LogP contribution >= 0.6 is 0 Å². The van der Waals surface area contributed by atoms with Crippen molar-refractivity contribution in [2.24, 2.45) is 7.05 Å². The Kier molecular flexibility index (Phi) is 6.63. The van der Waals surface area contributed by atoms with Gasteiger partial charge in [0.1, 0.15) is 11.5 Å². The molecule has 0 aliphatic carbocycles. The number of carbonyl (C=O) groups excluding carboxylic acids is 1. The molecule has 1 aliphatic heterocycles. The molecule has 1 saturated heterocycles. The lowest BCUT2D eigenvalue weighted by Crippen LogP contribution is -2.40. The molecule has 0 bridgehead atoms. The van der Waals surface area contributed by atoms with Crippen molar-refractivity contribution in [3.63, 3.8) is 0 Å². The van der Waals surface area contributed by atoms with Crippen LogP contribution in [-0.4, -0.2) is 42.1 Å². The molecule has 3 aromatic heterocycles. The van der Waals surface area contributed by atoms with Gasteiger partial charge in [-0.15, -0.1) is 0 Å². The molecular formula is C25H32N6O. The minimum Gasteiger partial charge on any atom is -0.329 e. The zero-order valence-corrected chi connectivity index (χ0v) is 19.5. The largest absolute Gasteiger partial charge is 0.329 e. The molecule has 0 N–H and O–H groups in total. The molecule has 1 atom stereocenters. The fourth-order valence-corrected chi connectivity index (χ4v) is 4.70. The van der Waals surface area contributed by atoms with E-state index in [2.05, 4.69) is 28.9 Å². The summed E-state index contributed by atoms with van der Waals surface area (Å²) in [6.45, 7) is 6.93. The van der Waals surface area contributed by atoms with Crippen molar-refractivity contribution >= 4 is 5.91 Å². The van der Waals surface area contributed by atoms with E-state index in [1.54, 1.807) is 17.1 Å². The summed E-state index contributed by atoms with van der Waals surface area (Å²) < 4.78 is 1.74. The highest BCUT2D eigenvalue weighted by molar-refractivity contribution is 5.94. The monoisotopic (exact) mass is 432 g/mol. The van der Waals surface area contributed by atoms with E-state index in [0.29, 0.717) is 5.69 Å². The van der Waals surface area contributed by atoms with Gasteiger partial charge in [0.05, 0.1) is 17.4 Å². The second kappa shape index (κ2) is 9.59. The smallest absolute Gasteiger partial charge is 0.272 e. The number of hydrogen-bond donors (Lipinski definition) is 0. The summed E-state index contributed by atoms with van der Waals surface area (Å²) in [5, 5.41) is 4.58. The second-order valence-electron chi connectivity index (χ2n) is 8.48. The van der Waals surface area contributed by atoms with Crippen LogP contribution in [0, 0.1) is 6.92 Å². The van der Waals surface area contributed by atoms with E-state index in [1.807, 2.05) is 37.2 Å². The summed E-state index contributed by atoms with van der Waals surface area (Å²) in [5.74, 6) is 0.876. The Morgan fingerprint density at radius 2 is 1.97 bits per heavy atom. The number of rotatable bonds is 6. The van der Waals surface area contributed by atoms with Gasteiger partial charge in [-0.1, -0.05) is 13.8 Å². The van der Waals surface area contributed by atoms with E-state index < -0.39 is 0 Å². The van der Waals surface area contributed by atoms with Gasteiger partial charge in [0.2, 0.25) is 0 Å². The van der Waals surface area contributed by atoms with Gasteiger partial charge in [0.15, 0.2) is 0 Å². The zero-order chi connectivity index (χ0) is 22.7. The molecule has 0 spiro atoms. The number of carbonyl (C=O) groups is 1. The molecule has 1 amide bonds. The lowest BCUT2D eigenvalue weighted by atomic mass is 9.93. The fraction of sp³-hybridized carbons (Fsp3) is 0.480. The number of nitrogens with zero attached hydrogens (tertiary/aromatic N) is 6. The second-order valence-corrected chi connectivity index (χ2v) is 8.48. The molecule has 0 saturated carbocycles. The lowest BCUT2D eigenvalue weighted by Gasteiger charge is -2.36. The molecule has 0 aromatic carbocycles. The van der Waals surface area contributed by atoms with Crippen LogP contribution < -0.4 is 0 Å². The van der Waals surface area contributed by atoms with E-state index >= 15 is 0 Å². The predicted molar refractivity (Wildman–Crippen MR) is 124 cm³/mol. The molecule has 7 heteroatoms. The third-order valence-corrected chi connectivity index (χ3v) is 6.33. The minimum atomic E-state index is -0.0857. The first kappa shape index (κ1) is 22.1. The van der Waals surface area contributed by atoms with Crippen LogP contribution in [-0.2, 0) is 19.9 Å². The normalized spacial score (nSPS) is 16.4. The van der Waals surface area contributed by atoms with Crippen LogP contribution in [0.25, 0.3) is 11.1 Å². The van der Waals surface area contributed by atoms with Crippen LogP contribution in [0.15, 0.2) is 30.7 Å². The van der Waals surface area contributed by atoms with Gasteiger partial charge in [-0.3, -0.25) is 14.5 Å². The van der Waals surface area contributed by atoms with Gasteiger partial charge in [-0.25, -0.2) is 9.97 Å². The molecule has 1 fully saturated rings. The van der Waals surface area contributed by atoms with Crippen molar-refractivity contribution < 1.29 is 4.79 Å². The average Bonchev–Trinajstić information content (AvgIpc) is 3.12. The maximum Gasteiger partial charge on any atom is 0.272 e. The molecule has 3 aromatic rings. The van der Waals surface area contributed by atoms with E-state index in [-0.39, 0.29) is 11.9 Å². The average molecular weight is 433 g/mol. The summed E-state index contributed by atoms with van der Waals surface area (Å²) in [5.41, 5.74) is 5.59. The van der Waals surface area contributed by atoms with Gasteiger partial charge in [0.25, 0.3) is 5.91 Å². The maximum atomic E-state index is 13.8. The van der Waals surface area contributed by atoms with Gasteiger partial charge in [-0.05, 0) is 56.7 Å². The molecule has 4 heterocycles. The summed E-state index contributed by atoms with van der Waals surface area (Å²) in [6, 6.07) is 3.88. The Balaban J connectivity index is 1.79. The predicted octanol–water partition coefficient (Wildman–Crippen LogP) is 4.46. The van der Waals surface area contributed by atoms with Gasteiger partial charge >= 0.3 is 0 Å². The molecule has 168 valence electrons. The molecule has 1 aliphatic rings. The quantitative estimate of drug-likeness (QED) is 0.575. The van der Waals surface area contributed by atoms with Crippen LogP contribution in [0.2, 0.25) is 0 Å². The Hall–Kier alpha value is -3.09. The number of hydrogen-bond acceptors (Lipinski definition) is 5. The number of pyridine rings is 1. The standard InChI is InChI=1S/C25H32N6O/c1-5-9-22-27-16-19(18-11-13-26-14-12-18)23(28-22)21-10-7-8-15-31(21)25(32)24-17(3)20(6-2)29-30(24)4/h11-14,16,21H,5-10,15H2,1-4H3/t21-/m0/s1. The number of aryl methyl sites for hydroxylation is 3. The molecule has 7 nitrogen and oxygen atoms in total.